The lowest BCUT2D eigenvalue weighted by Gasteiger charge is -2.02. The number of amides is 1. The number of nitrogens with one attached hydrogen (secondary N) is 1. The lowest BCUT2D eigenvalue weighted by molar-refractivity contribution is 0.102. The van der Waals surface area contributed by atoms with Crippen molar-refractivity contribution < 1.29 is 14.3 Å². The first-order valence-electron chi connectivity index (χ1n) is 6.47. The Bertz CT molecular complexity index is 894. The summed E-state index contributed by atoms with van der Waals surface area (Å²) in [5.41, 5.74) is 1.34. The highest BCUT2D eigenvalue weighted by Crippen LogP contribution is 2.34. The van der Waals surface area contributed by atoms with Gasteiger partial charge in [-0.05, 0) is 46.3 Å². The van der Waals surface area contributed by atoms with E-state index in [1.54, 1.807) is 18.2 Å². The highest BCUT2D eigenvalue weighted by atomic mass is 79.9. The molecule has 0 atom stereocenters. The fourth-order valence-corrected chi connectivity index (χ4v) is 3.65. The van der Waals surface area contributed by atoms with Gasteiger partial charge < -0.3 is 9.47 Å². The molecular formula is C15H9BrN2O3S. The topological polar surface area (TPSA) is 60.5 Å². The fraction of sp³-hybridized carbons (Fsp3) is 0.0667. The van der Waals surface area contributed by atoms with Gasteiger partial charge in [0.15, 0.2) is 16.6 Å². The molecule has 1 aromatic heterocycles. The molecule has 1 aliphatic heterocycles. The molecule has 0 saturated carbocycles. The number of hydrogen-bond acceptors (Lipinski definition) is 5. The van der Waals surface area contributed by atoms with Gasteiger partial charge in [-0.1, -0.05) is 17.4 Å². The molecule has 0 aliphatic carbocycles. The van der Waals surface area contributed by atoms with Crippen LogP contribution in [0.1, 0.15) is 10.4 Å². The van der Waals surface area contributed by atoms with Crippen LogP contribution in [0.5, 0.6) is 11.5 Å². The largest absolute Gasteiger partial charge is 0.454 e. The minimum atomic E-state index is -0.228. The molecule has 7 heteroatoms. The SMILES string of the molecule is O=C(Nc1nc2c(Br)cccc2s1)c1ccc2c(c1)OCO2. The van der Waals surface area contributed by atoms with Crippen LogP contribution in [0.4, 0.5) is 5.13 Å². The van der Waals surface area contributed by atoms with Crippen molar-refractivity contribution >= 4 is 48.5 Å². The molecule has 5 nitrogen and oxygen atoms in total. The zero-order valence-corrected chi connectivity index (χ0v) is 13.5. The monoisotopic (exact) mass is 376 g/mol. The molecule has 0 radical (unpaired) electrons. The Morgan fingerprint density at radius 3 is 2.95 bits per heavy atom. The summed E-state index contributed by atoms with van der Waals surface area (Å²) in [4.78, 5) is 16.8. The summed E-state index contributed by atoms with van der Waals surface area (Å²) >= 11 is 4.89. The van der Waals surface area contributed by atoms with Crippen LogP contribution >= 0.6 is 27.3 Å². The molecule has 0 saturated heterocycles. The van der Waals surface area contributed by atoms with Crippen LogP contribution in [0.25, 0.3) is 10.2 Å². The average molecular weight is 377 g/mol. The first kappa shape index (κ1) is 13.5. The molecule has 4 rings (SSSR count). The maximum Gasteiger partial charge on any atom is 0.257 e. The number of aromatic nitrogens is 1. The molecular weight excluding hydrogens is 368 g/mol. The summed E-state index contributed by atoms with van der Waals surface area (Å²) in [5, 5.41) is 3.38. The van der Waals surface area contributed by atoms with Gasteiger partial charge in [-0.25, -0.2) is 4.98 Å². The smallest absolute Gasteiger partial charge is 0.257 e. The van der Waals surface area contributed by atoms with Crippen molar-refractivity contribution in [2.45, 2.75) is 0 Å². The summed E-state index contributed by atoms with van der Waals surface area (Å²) in [6, 6.07) is 10.9. The molecule has 0 spiro atoms. The molecule has 2 heterocycles. The van der Waals surface area contributed by atoms with Crippen LogP contribution < -0.4 is 14.8 Å². The van der Waals surface area contributed by atoms with Gasteiger partial charge in [-0.2, -0.15) is 0 Å². The van der Waals surface area contributed by atoms with Gasteiger partial charge in [0.1, 0.15) is 0 Å². The van der Waals surface area contributed by atoms with E-state index in [1.165, 1.54) is 11.3 Å². The number of fused-ring (bicyclic) bond motifs is 2. The van der Waals surface area contributed by atoms with Crippen LogP contribution in [0.3, 0.4) is 0 Å². The number of benzene rings is 2. The number of rotatable bonds is 2. The Morgan fingerprint density at radius 2 is 2.09 bits per heavy atom. The van der Waals surface area contributed by atoms with E-state index in [2.05, 4.69) is 26.2 Å². The number of thiazole rings is 1. The molecule has 22 heavy (non-hydrogen) atoms. The second-order valence-corrected chi connectivity index (χ2v) is 6.51. The maximum atomic E-state index is 12.3. The standard InChI is InChI=1S/C15H9BrN2O3S/c16-9-2-1-3-12-13(9)17-15(22-12)18-14(19)8-4-5-10-11(6-8)21-7-20-10/h1-6H,7H2,(H,17,18,19). The van der Waals surface area contributed by atoms with Crippen LogP contribution in [0.2, 0.25) is 0 Å². The van der Waals surface area contributed by atoms with Crippen molar-refractivity contribution in [2.24, 2.45) is 0 Å². The van der Waals surface area contributed by atoms with Gasteiger partial charge in [-0.3, -0.25) is 10.1 Å². The maximum absolute atomic E-state index is 12.3. The zero-order chi connectivity index (χ0) is 15.1. The number of para-hydroxylation sites is 1. The molecule has 1 aliphatic rings. The number of carbonyl (C=O) groups is 1. The van der Waals surface area contributed by atoms with E-state index in [9.17, 15) is 4.79 Å². The van der Waals surface area contributed by atoms with E-state index in [0.717, 1.165) is 14.7 Å². The van der Waals surface area contributed by atoms with Gasteiger partial charge in [0.25, 0.3) is 5.91 Å². The van der Waals surface area contributed by atoms with E-state index in [-0.39, 0.29) is 12.7 Å². The number of halogens is 1. The lowest BCUT2D eigenvalue weighted by Crippen LogP contribution is -2.11. The number of carbonyl (C=O) groups excluding carboxylic acids is 1. The predicted octanol–water partition coefficient (Wildman–Crippen LogP) is 4.04. The van der Waals surface area contributed by atoms with E-state index in [4.69, 9.17) is 9.47 Å². The number of ether oxygens (including phenoxy) is 2. The normalized spacial score (nSPS) is 12.6. The van der Waals surface area contributed by atoms with Crippen molar-refractivity contribution in [2.75, 3.05) is 12.1 Å². The summed E-state index contributed by atoms with van der Waals surface area (Å²) in [7, 11) is 0. The van der Waals surface area contributed by atoms with Crippen molar-refractivity contribution in [3.63, 3.8) is 0 Å². The summed E-state index contributed by atoms with van der Waals surface area (Å²) < 4.78 is 12.4. The van der Waals surface area contributed by atoms with Gasteiger partial charge in [0.05, 0.1) is 10.2 Å². The van der Waals surface area contributed by atoms with Crippen LogP contribution in [-0.4, -0.2) is 17.7 Å². The summed E-state index contributed by atoms with van der Waals surface area (Å²) in [6.45, 7) is 0.187. The Hall–Kier alpha value is -2.12. The molecule has 1 N–H and O–H groups in total. The van der Waals surface area contributed by atoms with E-state index in [0.29, 0.717) is 22.2 Å². The second kappa shape index (κ2) is 5.26. The van der Waals surface area contributed by atoms with Crippen molar-refractivity contribution in [3.05, 3.63) is 46.4 Å². The minimum Gasteiger partial charge on any atom is -0.454 e. The second-order valence-electron chi connectivity index (χ2n) is 4.63. The Labute approximate surface area is 138 Å². The third-order valence-electron chi connectivity index (χ3n) is 3.22. The number of hydrogen-bond donors (Lipinski definition) is 1. The Kier molecular flexibility index (Phi) is 3.24. The predicted molar refractivity (Wildman–Crippen MR) is 87.8 cm³/mol. The zero-order valence-electron chi connectivity index (χ0n) is 11.1. The first-order valence-corrected chi connectivity index (χ1v) is 8.08. The Balaban J connectivity index is 1.61. The van der Waals surface area contributed by atoms with E-state index in [1.807, 2.05) is 18.2 Å². The molecule has 0 fully saturated rings. The average Bonchev–Trinajstić information content (AvgIpc) is 3.13. The van der Waals surface area contributed by atoms with E-state index < -0.39 is 0 Å². The lowest BCUT2D eigenvalue weighted by atomic mass is 10.2. The summed E-state index contributed by atoms with van der Waals surface area (Å²) in [5.74, 6) is 1.01. The van der Waals surface area contributed by atoms with Crippen LogP contribution in [0, 0.1) is 0 Å². The van der Waals surface area contributed by atoms with Crippen LogP contribution in [-0.2, 0) is 0 Å². The molecule has 2 aromatic carbocycles. The fourth-order valence-electron chi connectivity index (χ4n) is 2.18. The quantitative estimate of drug-likeness (QED) is 0.732. The first-order chi connectivity index (χ1) is 10.7. The molecule has 3 aromatic rings. The number of nitrogens with zero attached hydrogens (tertiary/aromatic N) is 1. The van der Waals surface area contributed by atoms with Crippen molar-refractivity contribution in [3.8, 4) is 11.5 Å². The molecule has 0 unspecified atom stereocenters. The highest BCUT2D eigenvalue weighted by molar-refractivity contribution is 9.10. The van der Waals surface area contributed by atoms with Gasteiger partial charge >= 0.3 is 0 Å². The van der Waals surface area contributed by atoms with Crippen LogP contribution in [0.15, 0.2) is 40.9 Å². The van der Waals surface area contributed by atoms with Crippen molar-refractivity contribution in [1.82, 2.24) is 4.98 Å². The molecule has 0 bridgehead atoms. The summed E-state index contributed by atoms with van der Waals surface area (Å²) in [6.07, 6.45) is 0. The number of anilines is 1. The Morgan fingerprint density at radius 1 is 1.23 bits per heavy atom. The van der Waals surface area contributed by atoms with Crippen molar-refractivity contribution in [1.29, 1.82) is 0 Å². The van der Waals surface area contributed by atoms with E-state index >= 15 is 0 Å². The third-order valence-corrected chi connectivity index (χ3v) is 4.80. The van der Waals surface area contributed by atoms with Gasteiger partial charge in [-0.15, -0.1) is 0 Å². The highest BCUT2D eigenvalue weighted by Gasteiger charge is 2.17. The van der Waals surface area contributed by atoms with Gasteiger partial charge in [0.2, 0.25) is 6.79 Å². The van der Waals surface area contributed by atoms with Gasteiger partial charge in [0, 0.05) is 10.0 Å². The molecule has 1 amide bonds. The third kappa shape index (κ3) is 2.32. The minimum absolute atomic E-state index is 0.187. The molecule has 110 valence electrons.